The standard InChI is InChI=1S/C11H17N3OS/c1-2-15-7-3-6-13-9-4-5-10(11(12)16)14-8-9/h4-5,8,13H,2-3,6-7H2,1H3,(H2,12,16). The number of rotatable bonds is 7. The van der Waals surface area contributed by atoms with Crippen LogP contribution < -0.4 is 11.1 Å². The van der Waals surface area contributed by atoms with Crippen LogP contribution in [0.1, 0.15) is 19.0 Å². The monoisotopic (exact) mass is 239 g/mol. The Hall–Kier alpha value is -1.20. The molecular weight excluding hydrogens is 222 g/mol. The lowest BCUT2D eigenvalue weighted by molar-refractivity contribution is 0.147. The number of nitrogens with two attached hydrogens (primary N) is 1. The first-order chi connectivity index (χ1) is 7.74. The van der Waals surface area contributed by atoms with Gasteiger partial charge in [-0.05, 0) is 25.5 Å². The first-order valence-corrected chi connectivity index (χ1v) is 5.72. The van der Waals surface area contributed by atoms with E-state index in [0.717, 1.165) is 31.9 Å². The normalized spacial score (nSPS) is 10.1. The Morgan fingerprint density at radius 3 is 2.94 bits per heavy atom. The van der Waals surface area contributed by atoms with Crippen molar-refractivity contribution < 1.29 is 4.74 Å². The van der Waals surface area contributed by atoms with Crippen LogP contribution in [0.2, 0.25) is 0 Å². The largest absolute Gasteiger partial charge is 0.388 e. The first kappa shape index (κ1) is 12.9. The van der Waals surface area contributed by atoms with Gasteiger partial charge in [0.05, 0.1) is 17.6 Å². The van der Waals surface area contributed by atoms with Gasteiger partial charge in [0.15, 0.2) is 0 Å². The molecule has 0 atom stereocenters. The Morgan fingerprint density at radius 1 is 1.56 bits per heavy atom. The second-order valence-corrected chi connectivity index (χ2v) is 3.71. The molecular formula is C11H17N3OS. The number of anilines is 1. The van der Waals surface area contributed by atoms with Crippen molar-refractivity contribution in [1.82, 2.24) is 4.98 Å². The summed E-state index contributed by atoms with van der Waals surface area (Å²) in [6, 6.07) is 3.73. The molecule has 1 aromatic rings. The lowest BCUT2D eigenvalue weighted by Gasteiger charge is -2.06. The van der Waals surface area contributed by atoms with Crippen molar-refractivity contribution in [2.45, 2.75) is 13.3 Å². The molecule has 88 valence electrons. The number of hydrogen-bond donors (Lipinski definition) is 2. The van der Waals surface area contributed by atoms with Gasteiger partial charge in [-0.25, -0.2) is 0 Å². The maximum absolute atomic E-state index is 5.45. The van der Waals surface area contributed by atoms with Crippen LogP contribution in [0.15, 0.2) is 18.3 Å². The van der Waals surface area contributed by atoms with Crippen LogP contribution >= 0.6 is 12.2 Å². The van der Waals surface area contributed by atoms with Gasteiger partial charge < -0.3 is 15.8 Å². The number of hydrogen-bond acceptors (Lipinski definition) is 4. The SMILES string of the molecule is CCOCCCNc1ccc(C(N)=S)nc1. The third-order valence-electron chi connectivity index (χ3n) is 2.01. The topological polar surface area (TPSA) is 60.2 Å². The van der Waals surface area contributed by atoms with Gasteiger partial charge in [-0.2, -0.15) is 0 Å². The molecule has 16 heavy (non-hydrogen) atoms. The van der Waals surface area contributed by atoms with Gasteiger partial charge in [0, 0.05) is 19.8 Å². The summed E-state index contributed by atoms with van der Waals surface area (Å²) in [7, 11) is 0. The summed E-state index contributed by atoms with van der Waals surface area (Å²) >= 11 is 4.82. The fraction of sp³-hybridized carbons (Fsp3) is 0.455. The minimum Gasteiger partial charge on any atom is -0.388 e. The molecule has 0 fully saturated rings. The van der Waals surface area contributed by atoms with Gasteiger partial charge in [0.1, 0.15) is 4.99 Å². The molecule has 0 spiro atoms. The van der Waals surface area contributed by atoms with Crippen molar-refractivity contribution in [3.63, 3.8) is 0 Å². The van der Waals surface area contributed by atoms with E-state index in [1.165, 1.54) is 0 Å². The zero-order valence-electron chi connectivity index (χ0n) is 9.40. The second-order valence-electron chi connectivity index (χ2n) is 3.27. The highest BCUT2D eigenvalue weighted by Gasteiger charge is 1.97. The molecule has 1 rings (SSSR count). The van der Waals surface area contributed by atoms with Crippen LogP contribution in [0.5, 0.6) is 0 Å². The molecule has 0 aromatic carbocycles. The minimum absolute atomic E-state index is 0.322. The summed E-state index contributed by atoms with van der Waals surface area (Å²) in [5.74, 6) is 0. The van der Waals surface area contributed by atoms with Crippen LogP contribution in [0.4, 0.5) is 5.69 Å². The van der Waals surface area contributed by atoms with Gasteiger partial charge in [0.25, 0.3) is 0 Å². The molecule has 5 heteroatoms. The van der Waals surface area contributed by atoms with Crippen molar-refractivity contribution >= 4 is 22.9 Å². The molecule has 0 amide bonds. The number of pyridine rings is 1. The Bertz CT molecular complexity index is 327. The predicted octanol–water partition coefficient (Wildman–Crippen LogP) is 1.55. The zero-order chi connectivity index (χ0) is 11.8. The fourth-order valence-corrected chi connectivity index (χ4v) is 1.32. The van der Waals surface area contributed by atoms with E-state index in [1.54, 1.807) is 6.20 Å². The number of ether oxygens (including phenoxy) is 1. The second kappa shape index (κ2) is 7.14. The smallest absolute Gasteiger partial charge is 0.122 e. The predicted molar refractivity (Wildman–Crippen MR) is 69.7 cm³/mol. The van der Waals surface area contributed by atoms with Crippen LogP contribution in [0, 0.1) is 0 Å². The van der Waals surface area contributed by atoms with E-state index in [4.69, 9.17) is 22.7 Å². The Morgan fingerprint density at radius 2 is 2.38 bits per heavy atom. The lowest BCUT2D eigenvalue weighted by Crippen LogP contribution is -2.12. The molecule has 0 saturated carbocycles. The van der Waals surface area contributed by atoms with Gasteiger partial charge >= 0.3 is 0 Å². The van der Waals surface area contributed by atoms with E-state index in [9.17, 15) is 0 Å². The van der Waals surface area contributed by atoms with E-state index in [2.05, 4.69) is 10.3 Å². The number of nitrogens with one attached hydrogen (secondary N) is 1. The van der Waals surface area contributed by atoms with E-state index < -0.39 is 0 Å². The molecule has 0 aliphatic carbocycles. The maximum atomic E-state index is 5.45. The van der Waals surface area contributed by atoms with Crippen LogP contribution in [0.25, 0.3) is 0 Å². The van der Waals surface area contributed by atoms with Crippen LogP contribution in [0.3, 0.4) is 0 Å². The Balaban J connectivity index is 2.29. The van der Waals surface area contributed by atoms with Crippen molar-refractivity contribution in [1.29, 1.82) is 0 Å². The highest BCUT2D eigenvalue weighted by Crippen LogP contribution is 2.05. The minimum atomic E-state index is 0.322. The van der Waals surface area contributed by atoms with Gasteiger partial charge in [-0.15, -0.1) is 0 Å². The third-order valence-corrected chi connectivity index (χ3v) is 2.22. The highest BCUT2D eigenvalue weighted by molar-refractivity contribution is 7.80. The summed E-state index contributed by atoms with van der Waals surface area (Å²) in [6.07, 6.45) is 2.71. The number of thiocarbonyl (C=S) groups is 1. The first-order valence-electron chi connectivity index (χ1n) is 5.31. The van der Waals surface area contributed by atoms with Crippen molar-refractivity contribution in [3.05, 3.63) is 24.0 Å². The summed E-state index contributed by atoms with van der Waals surface area (Å²) in [4.78, 5) is 4.46. The quantitative estimate of drug-likeness (QED) is 0.558. The van der Waals surface area contributed by atoms with Crippen molar-refractivity contribution in [2.24, 2.45) is 5.73 Å². The highest BCUT2D eigenvalue weighted by atomic mass is 32.1. The molecule has 0 radical (unpaired) electrons. The van der Waals surface area contributed by atoms with Crippen molar-refractivity contribution in [2.75, 3.05) is 25.1 Å². The zero-order valence-corrected chi connectivity index (χ0v) is 10.2. The average Bonchev–Trinajstić information content (AvgIpc) is 2.29. The molecule has 1 aromatic heterocycles. The Kier molecular flexibility index (Phi) is 5.74. The summed E-state index contributed by atoms with van der Waals surface area (Å²) in [5, 5.41) is 3.24. The molecule has 0 aliphatic rings. The molecule has 0 saturated heterocycles. The molecule has 0 unspecified atom stereocenters. The summed E-state index contributed by atoms with van der Waals surface area (Å²) in [5.41, 5.74) is 7.07. The number of nitrogens with zero attached hydrogens (tertiary/aromatic N) is 1. The van der Waals surface area contributed by atoms with E-state index in [1.807, 2.05) is 19.1 Å². The van der Waals surface area contributed by atoms with E-state index in [0.29, 0.717) is 10.7 Å². The third kappa shape index (κ3) is 4.55. The van der Waals surface area contributed by atoms with E-state index >= 15 is 0 Å². The van der Waals surface area contributed by atoms with Gasteiger partial charge in [-0.3, -0.25) is 4.98 Å². The fourth-order valence-electron chi connectivity index (χ4n) is 1.20. The van der Waals surface area contributed by atoms with Gasteiger partial charge in [-0.1, -0.05) is 12.2 Å². The van der Waals surface area contributed by atoms with Crippen molar-refractivity contribution in [3.8, 4) is 0 Å². The summed E-state index contributed by atoms with van der Waals surface area (Å²) in [6.45, 7) is 4.41. The lowest BCUT2D eigenvalue weighted by atomic mass is 10.3. The molecule has 3 N–H and O–H groups in total. The van der Waals surface area contributed by atoms with Gasteiger partial charge in [0.2, 0.25) is 0 Å². The summed E-state index contributed by atoms with van der Waals surface area (Å²) < 4.78 is 5.23. The molecule has 0 bridgehead atoms. The average molecular weight is 239 g/mol. The molecule has 4 nitrogen and oxygen atoms in total. The Labute approximate surface area is 101 Å². The molecule has 1 heterocycles. The maximum Gasteiger partial charge on any atom is 0.122 e. The van der Waals surface area contributed by atoms with Crippen LogP contribution in [-0.4, -0.2) is 29.7 Å². The van der Waals surface area contributed by atoms with E-state index in [-0.39, 0.29) is 0 Å². The number of aromatic nitrogens is 1. The van der Waals surface area contributed by atoms with Crippen LogP contribution in [-0.2, 0) is 4.74 Å². The molecule has 0 aliphatic heterocycles.